The fraction of sp³-hybridized carbons (Fsp3) is 0.308. The van der Waals surface area contributed by atoms with Crippen molar-refractivity contribution in [3.63, 3.8) is 0 Å². The van der Waals surface area contributed by atoms with E-state index >= 15 is 0 Å². The number of imidazole rings is 1. The van der Waals surface area contributed by atoms with Gasteiger partial charge in [-0.25, -0.2) is 4.79 Å². The van der Waals surface area contributed by atoms with Gasteiger partial charge >= 0.3 is 5.69 Å². The third-order valence-electron chi connectivity index (χ3n) is 7.20. The number of nitrogens with zero attached hydrogens (tertiary/aromatic N) is 7. The zero-order valence-electron chi connectivity index (χ0n) is 19.9. The Morgan fingerprint density at radius 3 is 2.59 bits per heavy atom. The average Bonchev–Trinajstić information content (AvgIpc) is 3.27. The van der Waals surface area contributed by atoms with Crippen molar-refractivity contribution < 1.29 is 0 Å². The number of anilines is 1. The van der Waals surface area contributed by atoms with Gasteiger partial charge in [-0.15, -0.1) is 0 Å². The average molecular weight is 454 g/mol. The summed E-state index contributed by atoms with van der Waals surface area (Å²) in [4.78, 5) is 24.8. The van der Waals surface area contributed by atoms with Crippen molar-refractivity contribution in [3.8, 4) is 16.8 Å². The van der Waals surface area contributed by atoms with Gasteiger partial charge in [0.05, 0.1) is 46.0 Å². The SMILES string of the molecule is Cc1nn(C)cc1-n1c(=O)n(C)c2cnc3ccc(-c4cncc(N(C)C5CCC5)c4)cc3c21. The van der Waals surface area contributed by atoms with Crippen LogP contribution in [0.5, 0.6) is 0 Å². The maximum Gasteiger partial charge on any atom is 0.333 e. The number of aryl methyl sites for hydroxylation is 3. The Bertz CT molecular complexity index is 1620. The van der Waals surface area contributed by atoms with Crippen molar-refractivity contribution in [3.05, 3.63) is 65.2 Å². The van der Waals surface area contributed by atoms with Crippen LogP contribution in [0.4, 0.5) is 5.69 Å². The molecule has 4 aromatic heterocycles. The van der Waals surface area contributed by atoms with E-state index in [9.17, 15) is 4.79 Å². The number of aromatic nitrogens is 6. The first-order chi connectivity index (χ1) is 16.4. The number of hydrogen-bond donors (Lipinski definition) is 0. The van der Waals surface area contributed by atoms with E-state index in [0.717, 1.165) is 50.1 Å². The summed E-state index contributed by atoms with van der Waals surface area (Å²) in [5.74, 6) is 0. The van der Waals surface area contributed by atoms with Gasteiger partial charge in [0.15, 0.2) is 0 Å². The topological polar surface area (TPSA) is 73.8 Å². The Morgan fingerprint density at radius 1 is 1.06 bits per heavy atom. The van der Waals surface area contributed by atoms with E-state index in [4.69, 9.17) is 0 Å². The third-order valence-corrected chi connectivity index (χ3v) is 7.20. The van der Waals surface area contributed by atoms with Crippen LogP contribution in [0, 0.1) is 6.92 Å². The van der Waals surface area contributed by atoms with Gasteiger partial charge < -0.3 is 4.90 Å². The molecule has 8 nitrogen and oxygen atoms in total. The lowest BCUT2D eigenvalue weighted by molar-refractivity contribution is 0.401. The first kappa shape index (κ1) is 20.7. The van der Waals surface area contributed by atoms with Crippen LogP contribution in [0.3, 0.4) is 0 Å². The molecule has 6 rings (SSSR count). The lowest BCUT2D eigenvalue weighted by Crippen LogP contribution is -2.37. The zero-order valence-corrected chi connectivity index (χ0v) is 19.9. The second-order valence-electron chi connectivity index (χ2n) is 9.30. The molecule has 1 aliphatic rings. The van der Waals surface area contributed by atoms with Gasteiger partial charge in [-0.3, -0.25) is 23.8 Å². The Hall–Kier alpha value is -3.94. The molecule has 34 heavy (non-hydrogen) atoms. The molecule has 0 bridgehead atoms. The second kappa shape index (κ2) is 7.55. The van der Waals surface area contributed by atoms with Crippen molar-refractivity contribution in [2.24, 2.45) is 14.1 Å². The highest BCUT2D eigenvalue weighted by molar-refractivity contribution is 6.04. The van der Waals surface area contributed by atoms with Crippen LogP contribution in [0.1, 0.15) is 25.0 Å². The van der Waals surface area contributed by atoms with Gasteiger partial charge in [0.1, 0.15) is 0 Å². The van der Waals surface area contributed by atoms with Gasteiger partial charge in [-0.05, 0) is 49.9 Å². The maximum absolute atomic E-state index is 13.3. The summed E-state index contributed by atoms with van der Waals surface area (Å²) in [5.41, 5.74) is 7.15. The molecule has 0 atom stereocenters. The van der Waals surface area contributed by atoms with Crippen molar-refractivity contribution in [2.75, 3.05) is 11.9 Å². The lowest BCUT2D eigenvalue weighted by atomic mass is 9.91. The minimum absolute atomic E-state index is 0.114. The Labute approximate surface area is 197 Å². The van der Waals surface area contributed by atoms with Crippen molar-refractivity contribution in [1.29, 1.82) is 0 Å². The van der Waals surface area contributed by atoms with Crippen molar-refractivity contribution in [2.45, 2.75) is 32.2 Å². The Kier molecular flexibility index (Phi) is 4.58. The third kappa shape index (κ3) is 3.05. The summed E-state index contributed by atoms with van der Waals surface area (Å²) in [6, 6.07) is 9.01. The molecule has 0 aliphatic heterocycles. The molecule has 1 aromatic carbocycles. The quantitative estimate of drug-likeness (QED) is 0.412. The molecule has 1 aliphatic carbocycles. The van der Waals surface area contributed by atoms with Crippen LogP contribution in [-0.2, 0) is 14.1 Å². The smallest absolute Gasteiger partial charge is 0.333 e. The molecule has 0 unspecified atom stereocenters. The van der Waals surface area contributed by atoms with Crippen LogP contribution >= 0.6 is 0 Å². The van der Waals surface area contributed by atoms with E-state index in [-0.39, 0.29) is 5.69 Å². The molecular formula is C26H27N7O. The number of benzene rings is 1. The van der Waals surface area contributed by atoms with Gasteiger partial charge in [-0.1, -0.05) is 6.07 Å². The first-order valence-corrected chi connectivity index (χ1v) is 11.6. The number of pyridine rings is 2. The minimum Gasteiger partial charge on any atom is -0.370 e. The fourth-order valence-corrected chi connectivity index (χ4v) is 4.97. The molecule has 4 heterocycles. The molecule has 8 heteroatoms. The van der Waals surface area contributed by atoms with E-state index in [1.54, 1.807) is 27.1 Å². The highest BCUT2D eigenvalue weighted by atomic mass is 16.1. The molecule has 0 radical (unpaired) electrons. The van der Waals surface area contributed by atoms with E-state index in [1.807, 2.05) is 38.6 Å². The van der Waals surface area contributed by atoms with E-state index in [0.29, 0.717) is 6.04 Å². The lowest BCUT2D eigenvalue weighted by Gasteiger charge is -2.36. The van der Waals surface area contributed by atoms with E-state index in [1.165, 1.54) is 19.3 Å². The predicted molar refractivity (Wildman–Crippen MR) is 135 cm³/mol. The molecule has 0 spiro atoms. The predicted octanol–water partition coefficient (Wildman–Crippen LogP) is 3.97. The monoisotopic (exact) mass is 453 g/mol. The molecule has 5 aromatic rings. The fourth-order valence-electron chi connectivity index (χ4n) is 4.97. The molecule has 1 fully saturated rings. The van der Waals surface area contributed by atoms with Crippen LogP contribution < -0.4 is 10.6 Å². The molecule has 0 N–H and O–H groups in total. The molecule has 0 amide bonds. The van der Waals surface area contributed by atoms with E-state index in [2.05, 4.69) is 45.2 Å². The molecule has 1 saturated carbocycles. The second-order valence-corrected chi connectivity index (χ2v) is 9.30. The molecule has 172 valence electrons. The van der Waals surface area contributed by atoms with Gasteiger partial charge in [-0.2, -0.15) is 5.10 Å². The summed E-state index contributed by atoms with van der Waals surface area (Å²) in [6.45, 7) is 1.92. The van der Waals surface area contributed by atoms with Crippen LogP contribution in [-0.4, -0.2) is 42.0 Å². The molecule has 0 saturated heterocycles. The van der Waals surface area contributed by atoms with Crippen LogP contribution in [0.15, 0.2) is 53.8 Å². The summed E-state index contributed by atoms with van der Waals surface area (Å²) >= 11 is 0. The highest BCUT2D eigenvalue weighted by Crippen LogP contribution is 2.33. The van der Waals surface area contributed by atoms with Crippen LogP contribution in [0.25, 0.3) is 38.8 Å². The maximum atomic E-state index is 13.3. The normalized spacial score (nSPS) is 14.1. The van der Waals surface area contributed by atoms with E-state index < -0.39 is 0 Å². The summed E-state index contributed by atoms with van der Waals surface area (Å²) in [7, 11) is 5.80. The molecular weight excluding hydrogens is 426 g/mol. The van der Waals surface area contributed by atoms with Gasteiger partial charge in [0.2, 0.25) is 0 Å². The summed E-state index contributed by atoms with van der Waals surface area (Å²) < 4.78 is 5.14. The number of rotatable bonds is 4. The highest BCUT2D eigenvalue weighted by Gasteiger charge is 2.23. The van der Waals surface area contributed by atoms with Gasteiger partial charge in [0.25, 0.3) is 0 Å². The summed E-state index contributed by atoms with van der Waals surface area (Å²) in [6.07, 6.45) is 11.3. The number of hydrogen-bond acceptors (Lipinski definition) is 5. The standard InChI is InChI=1S/C26H27N7O/c1-16-24(15-30(2)29-16)33-25-21-11-17(8-9-22(21)28-14-23(25)32(4)26(33)34)18-10-20(13-27-12-18)31(3)19-6-5-7-19/h8-15,19H,5-7H2,1-4H3. The Morgan fingerprint density at radius 2 is 1.88 bits per heavy atom. The Balaban J connectivity index is 1.57. The minimum atomic E-state index is -0.114. The summed E-state index contributed by atoms with van der Waals surface area (Å²) in [5, 5.41) is 5.39. The van der Waals surface area contributed by atoms with Crippen LogP contribution in [0.2, 0.25) is 0 Å². The van der Waals surface area contributed by atoms with Crippen molar-refractivity contribution >= 4 is 27.6 Å². The van der Waals surface area contributed by atoms with Gasteiger partial charge in [0, 0.05) is 50.5 Å². The first-order valence-electron chi connectivity index (χ1n) is 11.6. The number of fused-ring (bicyclic) bond motifs is 3. The van der Waals surface area contributed by atoms with Crippen molar-refractivity contribution in [1.82, 2.24) is 28.9 Å². The largest absolute Gasteiger partial charge is 0.370 e. The zero-order chi connectivity index (χ0) is 23.6.